The predicted molar refractivity (Wildman–Crippen MR) is 79.8 cm³/mol. The van der Waals surface area contributed by atoms with Gasteiger partial charge in [0.05, 0.1) is 24.6 Å². The number of rotatable bonds is 5. The van der Waals surface area contributed by atoms with Gasteiger partial charge in [-0.3, -0.25) is 14.2 Å². The normalized spacial score (nSPS) is 10.5. The molecule has 0 aliphatic carbocycles. The van der Waals surface area contributed by atoms with E-state index in [4.69, 9.17) is 0 Å². The molecule has 1 amide bonds. The zero-order chi connectivity index (χ0) is 16.3. The molecule has 22 heavy (non-hydrogen) atoms. The van der Waals surface area contributed by atoms with E-state index in [1.54, 1.807) is 15.6 Å². The lowest BCUT2D eigenvalue weighted by atomic mass is 10.2. The molecule has 0 aliphatic heterocycles. The van der Waals surface area contributed by atoms with Gasteiger partial charge in [-0.25, -0.2) is 4.79 Å². The van der Waals surface area contributed by atoms with Crippen LogP contribution in [0.1, 0.15) is 40.4 Å². The van der Waals surface area contributed by atoms with Gasteiger partial charge in [-0.05, 0) is 20.8 Å². The number of aromatic nitrogens is 4. The highest BCUT2D eigenvalue weighted by molar-refractivity contribution is 6.07. The van der Waals surface area contributed by atoms with Crippen molar-refractivity contribution < 1.29 is 14.3 Å². The van der Waals surface area contributed by atoms with E-state index in [1.165, 1.54) is 13.3 Å². The molecular weight excluding hydrogens is 286 g/mol. The van der Waals surface area contributed by atoms with Crippen LogP contribution in [0.3, 0.4) is 0 Å². The summed E-state index contributed by atoms with van der Waals surface area (Å²) in [4.78, 5) is 24.1. The number of esters is 1. The lowest BCUT2D eigenvalue weighted by Gasteiger charge is -2.04. The Morgan fingerprint density at radius 1 is 1.32 bits per heavy atom. The molecule has 0 saturated carbocycles. The van der Waals surface area contributed by atoms with E-state index in [9.17, 15) is 9.59 Å². The van der Waals surface area contributed by atoms with Crippen molar-refractivity contribution in [2.75, 3.05) is 12.4 Å². The van der Waals surface area contributed by atoms with Gasteiger partial charge in [-0.15, -0.1) is 0 Å². The van der Waals surface area contributed by atoms with E-state index in [1.807, 2.05) is 20.8 Å². The topological polar surface area (TPSA) is 91.0 Å². The molecule has 2 heterocycles. The summed E-state index contributed by atoms with van der Waals surface area (Å²) in [5, 5.41) is 10.9. The minimum atomic E-state index is -0.594. The molecule has 2 rings (SSSR count). The first-order valence-corrected chi connectivity index (χ1v) is 7.01. The molecule has 0 saturated heterocycles. The molecule has 8 heteroatoms. The second-order valence-electron chi connectivity index (χ2n) is 4.65. The minimum Gasteiger partial charge on any atom is -0.464 e. The lowest BCUT2D eigenvalue weighted by Crippen LogP contribution is -2.15. The largest absolute Gasteiger partial charge is 0.464 e. The van der Waals surface area contributed by atoms with Crippen LogP contribution in [0.15, 0.2) is 12.4 Å². The molecule has 0 radical (unpaired) electrons. The zero-order valence-corrected chi connectivity index (χ0v) is 13.1. The van der Waals surface area contributed by atoms with Crippen molar-refractivity contribution in [3.8, 4) is 0 Å². The predicted octanol–water partition coefficient (Wildman–Crippen LogP) is 1.47. The van der Waals surface area contributed by atoms with Gasteiger partial charge >= 0.3 is 5.97 Å². The summed E-state index contributed by atoms with van der Waals surface area (Å²) in [5.74, 6) is -0.929. The van der Waals surface area contributed by atoms with Gasteiger partial charge in [0.15, 0.2) is 5.69 Å². The van der Waals surface area contributed by atoms with Crippen molar-refractivity contribution in [2.24, 2.45) is 0 Å². The smallest absolute Gasteiger partial charge is 0.360 e. The van der Waals surface area contributed by atoms with E-state index < -0.39 is 5.97 Å². The van der Waals surface area contributed by atoms with Crippen molar-refractivity contribution in [3.05, 3.63) is 29.3 Å². The molecule has 0 bridgehead atoms. The number of carbonyl (C=O) groups is 2. The minimum absolute atomic E-state index is 0.0817. The number of hydrogen-bond donors (Lipinski definition) is 1. The average molecular weight is 305 g/mol. The first-order chi connectivity index (χ1) is 10.5. The highest BCUT2D eigenvalue weighted by Gasteiger charge is 2.21. The van der Waals surface area contributed by atoms with Crippen LogP contribution in [0.4, 0.5) is 5.69 Å². The second-order valence-corrected chi connectivity index (χ2v) is 4.65. The second kappa shape index (κ2) is 6.42. The molecule has 118 valence electrons. The Labute approximate surface area is 128 Å². The Morgan fingerprint density at radius 2 is 2.05 bits per heavy atom. The van der Waals surface area contributed by atoms with Crippen molar-refractivity contribution >= 4 is 17.6 Å². The number of aryl methyl sites for hydroxylation is 2. The van der Waals surface area contributed by atoms with E-state index in [0.29, 0.717) is 24.3 Å². The number of carbonyl (C=O) groups excluding carboxylic acids is 2. The zero-order valence-electron chi connectivity index (χ0n) is 13.1. The molecule has 8 nitrogen and oxygen atoms in total. The third-order valence-electron chi connectivity index (χ3n) is 3.36. The molecule has 0 aliphatic rings. The van der Waals surface area contributed by atoms with Crippen LogP contribution in [0.2, 0.25) is 0 Å². The molecule has 0 atom stereocenters. The number of amides is 1. The van der Waals surface area contributed by atoms with Gasteiger partial charge in [0, 0.05) is 25.0 Å². The summed E-state index contributed by atoms with van der Waals surface area (Å²) in [7, 11) is 1.27. The fourth-order valence-electron chi connectivity index (χ4n) is 2.10. The number of methoxy groups -OCH3 is 1. The number of hydrogen-bond acceptors (Lipinski definition) is 5. The summed E-state index contributed by atoms with van der Waals surface area (Å²) in [5.41, 5.74) is 1.63. The van der Waals surface area contributed by atoms with E-state index in [-0.39, 0.29) is 11.6 Å². The van der Waals surface area contributed by atoms with Crippen LogP contribution in [-0.4, -0.2) is 38.5 Å². The monoisotopic (exact) mass is 305 g/mol. The van der Waals surface area contributed by atoms with Crippen LogP contribution >= 0.6 is 0 Å². The number of nitrogens with zero attached hydrogens (tertiary/aromatic N) is 4. The third-order valence-corrected chi connectivity index (χ3v) is 3.36. The van der Waals surface area contributed by atoms with Crippen molar-refractivity contribution in [1.82, 2.24) is 19.6 Å². The molecule has 2 aromatic rings. The van der Waals surface area contributed by atoms with Crippen molar-refractivity contribution in [3.63, 3.8) is 0 Å². The van der Waals surface area contributed by atoms with Crippen LogP contribution in [-0.2, 0) is 17.8 Å². The van der Waals surface area contributed by atoms with Gasteiger partial charge in [-0.1, -0.05) is 0 Å². The highest BCUT2D eigenvalue weighted by Crippen LogP contribution is 2.17. The maximum atomic E-state index is 12.4. The van der Waals surface area contributed by atoms with Crippen LogP contribution < -0.4 is 5.32 Å². The van der Waals surface area contributed by atoms with E-state index >= 15 is 0 Å². The van der Waals surface area contributed by atoms with Crippen LogP contribution in [0.5, 0.6) is 0 Å². The van der Waals surface area contributed by atoms with Crippen LogP contribution in [0, 0.1) is 6.92 Å². The fraction of sp³-hybridized carbons (Fsp3) is 0.429. The summed E-state index contributed by atoms with van der Waals surface area (Å²) in [6, 6.07) is 0. The van der Waals surface area contributed by atoms with Crippen molar-refractivity contribution in [1.29, 1.82) is 0 Å². The molecular formula is C14H19N5O3. The Kier molecular flexibility index (Phi) is 4.59. The van der Waals surface area contributed by atoms with Gasteiger partial charge in [0.1, 0.15) is 0 Å². The lowest BCUT2D eigenvalue weighted by molar-refractivity contribution is 0.0594. The van der Waals surface area contributed by atoms with E-state index in [0.717, 1.165) is 5.69 Å². The first-order valence-electron chi connectivity index (χ1n) is 7.01. The maximum Gasteiger partial charge on any atom is 0.360 e. The molecule has 1 N–H and O–H groups in total. The Hall–Kier alpha value is -2.64. The highest BCUT2D eigenvalue weighted by atomic mass is 16.5. The van der Waals surface area contributed by atoms with Crippen molar-refractivity contribution in [2.45, 2.75) is 33.9 Å². The number of nitrogens with one attached hydrogen (secondary N) is 1. The van der Waals surface area contributed by atoms with Gasteiger partial charge in [-0.2, -0.15) is 10.2 Å². The van der Waals surface area contributed by atoms with Gasteiger partial charge in [0.25, 0.3) is 5.91 Å². The summed E-state index contributed by atoms with van der Waals surface area (Å²) < 4.78 is 7.97. The molecule has 0 unspecified atom stereocenters. The number of anilines is 1. The van der Waals surface area contributed by atoms with Gasteiger partial charge < -0.3 is 10.1 Å². The Balaban J connectivity index is 2.29. The summed E-state index contributed by atoms with van der Waals surface area (Å²) in [6.45, 7) is 6.91. The van der Waals surface area contributed by atoms with E-state index in [2.05, 4.69) is 20.3 Å². The summed E-state index contributed by atoms with van der Waals surface area (Å²) >= 11 is 0. The molecule has 2 aromatic heterocycles. The SMILES string of the molecule is CCn1cc(NC(=O)c2cnn(CC)c2C)c(C(=O)OC)n1. The summed E-state index contributed by atoms with van der Waals surface area (Å²) in [6.07, 6.45) is 3.11. The maximum absolute atomic E-state index is 12.4. The quantitative estimate of drug-likeness (QED) is 0.845. The standard InChI is InChI=1S/C14H19N5O3/c1-5-18-8-11(12(17-18)14(21)22-4)16-13(20)10-7-15-19(6-2)9(10)3/h7-8H,5-6H2,1-4H3,(H,16,20). The van der Waals surface area contributed by atoms with Crippen LogP contribution in [0.25, 0.3) is 0 Å². The third kappa shape index (κ3) is 2.85. The fourth-order valence-corrected chi connectivity index (χ4v) is 2.10. The molecule has 0 fully saturated rings. The average Bonchev–Trinajstić information content (AvgIpc) is 3.09. The van der Waals surface area contributed by atoms with Gasteiger partial charge in [0.2, 0.25) is 0 Å². The number of ether oxygens (including phenoxy) is 1. The Bertz CT molecular complexity index is 701. The first kappa shape index (κ1) is 15.7. The Morgan fingerprint density at radius 3 is 2.59 bits per heavy atom. The molecule has 0 spiro atoms. The molecule has 0 aromatic carbocycles.